The van der Waals surface area contributed by atoms with Crippen molar-refractivity contribution in [2.75, 3.05) is 23.4 Å². The van der Waals surface area contributed by atoms with Gasteiger partial charge in [-0.1, -0.05) is 79.2 Å². The maximum absolute atomic E-state index is 14.9. The first-order valence-electron chi connectivity index (χ1n) is 18.3. The lowest BCUT2D eigenvalue weighted by Crippen LogP contribution is -2.46. The molecule has 0 unspecified atom stereocenters. The number of nitrogens with zero attached hydrogens (tertiary/aromatic N) is 2. The van der Waals surface area contributed by atoms with Crippen LogP contribution >= 0.6 is 11.6 Å². The molecule has 5 aromatic rings. The number of rotatable bonds is 12. The number of hydrogen-bond donors (Lipinski definition) is 4. The molecule has 4 atom stereocenters. The number of ether oxygens (including phenoxy) is 1. The third kappa shape index (κ3) is 7.22. The molecule has 7 rings (SSSR count). The van der Waals surface area contributed by atoms with Crippen molar-refractivity contribution in [1.82, 2.24) is 9.88 Å². The van der Waals surface area contributed by atoms with Crippen LogP contribution in [0.3, 0.4) is 0 Å². The lowest BCUT2D eigenvalue weighted by Gasteiger charge is -2.32. The van der Waals surface area contributed by atoms with Crippen molar-refractivity contribution in [2.24, 2.45) is 5.92 Å². The number of aromatic amines is 1. The van der Waals surface area contributed by atoms with Gasteiger partial charge in [-0.05, 0) is 66.2 Å². The maximum Gasteiger partial charge on any atom is 0.264 e. The molecule has 10 nitrogen and oxygen atoms in total. The first-order chi connectivity index (χ1) is 25.9. The van der Waals surface area contributed by atoms with E-state index in [9.17, 15) is 24.3 Å². The van der Waals surface area contributed by atoms with Crippen molar-refractivity contribution in [2.45, 2.75) is 63.2 Å². The number of anilines is 2. The Hall–Kier alpha value is -4.78. The molecule has 1 spiro atoms. The molecule has 3 amide bonds. The predicted octanol–water partition coefficient (Wildman–Crippen LogP) is 6.76. The molecule has 1 saturated heterocycles. The molecule has 1 aromatic heterocycles. The SMILES string of the molecule is C[C@@H]1[C@@H]([Si](C)(C)O)[C@H](CC(=O)N(CCO)Cc2ccccc2)O[C@@]12C(=O)N(Cc1ccc(NC(=O)Cc3c[nH]c4ccccc34)cc1)c1ccc(Cl)cc12. The third-order valence-electron chi connectivity index (χ3n) is 10.9. The highest BCUT2D eigenvalue weighted by molar-refractivity contribution is 6.71. The fraction of sp³-hybridized carbons (Fsp3) is 0.310. The van der Waals surface area contributed by atoms with Crippen molar-refractivity contribution < 1.29 is 29.0 Å². The second kappa shape index (κ2) is 15.2. The number of nitrogens with one attached hydrogen (secondary N) is 2. The average Bonchev–Trinajstić information content (AvgIpc) is 3.75. The van der Waals surface area contributed by atoms with Crippen LogP contribution in [-0.2, 0) is 44.2 Å². The Bertz CT molecular complexity index is 2170. The molecule has 0 radical (unpaired) electrons. The van der Waals surface area contributed by atoms with E-state index in [2.05, 4.69) is 10.3 Å². The number of carbonyl (C=O) groups is 3. The number of para-hydroxylation sites is 1. The molecule has 4 N–H and O–H groups in total. The van der Waals surface area contributed by atoms with Gasteiger partial charge in [-0.15, -0.1) is 0 Å². The van der Waals surface area contributed by atoms with Gasteiger partial charge < -0.3 is 34.7 Å². The summed E-state index contributed by atoms with van der Waals surface area (Å²) in [7, 11) is -3.04. The highest BCUT2D eigenvalue weighted by atomic mass is 35.5. The number of aromatic nitrogens is 1. The summed E-state index contributed by atoms with van der Waals surface area (Å²) in [5.74, 6) is -1.13. The zero-order chi connectivity index (χ0) is 38.2. The largest absolute Gasteiger partial charge is 0.432 e. The summed E-state index contributed by atoms with van der Waals surface area (Å²) in [6, 6.07) is 30.1. The second-order valence-electron chi connectivity index (χ2n) is 14.9. The van der Waals surface area contributed by atoms with Gasteiger partial charge in [0, 0.05) is 57.9 Å². The lowest BCUT2D eigenvalue weighted by molar-refractivity contribution is -0.150. The zero-order valence-corrected chi connectivity index (χ0v) is 32.3. The Kier molecular flexibility index (Phi) is 10.5. The quantitative estimate of drug-likeness (QED) is 0.104. The van der Waals surface area contributed by atoms with Crippen molar-refractivity contribution in [3.8, 4) is 0 Å². The molecule has 0 aliphatic carbocycles. The van der Waals surface area contributed by atoms with E-state index in [0.717, 1.165) is 27.6 Å². The summed E-state index contributed by atoms with van der Waals surface area (Å²) in [6.07, 6.45) is 1.27. The van der Waals surface area contributed by atoms with Crippen LogP contribution in [0.15, 0.2) is 103 Å². The predicted molar refractivity (Wildman–Crippen MR) is 212 cm³/mol. The number of benzene rings is 4. The summed E-state index contributed by atoms with van der Waals surface area (Å²) in [4.78, 5) is 59.9. The van der Waals surface area contributed by atoms with E-state index in [1.165, 1.54) is 0 Å². The number of aliphatic hydroxyl groups is 1. The molecule has 3 heterocycles. The first kappa shape index (κ1) is 37.5. The molecular formula is C42H45ClN4O6Si. The van der Waals surface area contributed by atoms with Gasteiger partial charge >= 0.3 is 0 Å². The van der Waals surface area contributed by atoms with E-state index in [-0.39, 0.29) is 50.3 Å². The van der Waals surface area contributed by atoms with Crippen LogP contribution in [0, 0.1) is 5.92 Å². The van der Waals surface area contributed by atoms with Crippen LogP contribution in [0.1, 0.15) is 35.6 Å². The standard InChI is InChI=1S/C42H45ClN4O6Si/c1-27-40(54(2,3)52)37(23-39(50)46(19-20-48)25-28-9-5-4-6-10-28)53-42(27)34-22-31(43)15-18-36(34)47(41(42)51)26-29-13-16-32(17-14-29)45-38(49)21-30-24-44-35-12-8-7-11-33(30)35/h4-18,22,24,27,37,40,44,48,52H,19-21,23,25-26H2,1-3H3,(H,45,49)/t27-,37+,40-,42+/m1/s1. The fourth-order valence-corrected chi connectivity index (χ4v) is 11.2. The third-order valence-corrected chi connectivity index (χ3v) is 13.6. The van der Waals surface area contributed by atoms with Crippen molar-refractivity contribution in [3.05, 3.63) is 131 Å². The van der Waals surface area contributed by atoms with Gasteiger partial charge in [0.2, 0.25) is 11.8 Å². The number of hydrogen-bond acceptors (Lipinski definition) is 6. The minimum atomic E-state index is -3.04. The number of amides is 3. The molecule has 0 bridgehead atoms. The topological polar surface area (TPSA) is 135 Å². The van der Waals surface area contributed by atoms with Crippen molar-refractivity contribution in [1.29, 1.82) is 0 Å². The number of fused-ring (bicyclic) bond motifs is 3. The van der Waals surface area contributed by atoms with Crippen LogP contribution in [-0.4, -0.2) is 65.1 Å². The van der Waals surface area contributed by atoms with Gasteiger partial charge in [-0.25, -0.2) is 0 Å². The monoisotopic (exact) mass is 764 g/mol. The Balaban J connectivity index is 1.11. The highest BCUT2D eigenvalue weighted by Gasteiger charge is 2.66. The molecule has 1 fully saturated rings. The zero-order valence-electron chi connectivity index (χ0n) is 30.6. The molecule has 54 heavy (non-hydrogen) atoms. The Morgan fingerprint density at radius 3 is 2.44 bits per heavy atom. The summed E-state index contributed by atoms with van der Waals surface area (Å²) in [6.45, 7) is 6.05. The van der Waals surface area contributed by atoms with E-state index < -0.39 is 31.5 Å². The van der Waals surface area contributed by atoms with Gasteiger partial charge in [-0.3, -0.25) is 14.4 Å². The number of H-pyrrole nitrogens is 1. The van der Waals surface area contributed by atoms with E-state index >= 15 is 0 Å². The summed E-state index contributed by atoms with van der Waals surface area (Å²) >= 11 is 6.57. The average molecular weight is 765 g/mol. The summed E-state index contributed by atoms with van der Waals surface area (Å²) < 4.78 is 6.87. The fourth-order valence-electron chi connectivity index (χ4n) is 8.46. The number of aliphatic hydroxyl groups excluding tert-OH is 1. The highest BCUT2D eigenvalue weighted by Crippen LogP contribution is 2.60. The minimum Gasteiger partial charge on any atom is -0.432 e. The van der Waals surface area contributed by atoms with E-state index in [4.69, 9.17) is 16.3 Å². The first-order valence-corrected chi connectivity index (χ1v) is 21.7. The Morgan fingerprint density at radius 2 is 1.72 bits per heavy atom. The summed E-state index contributed by atoms with van der Waals surface area (Å²) in [5.41, 5.74) is 3.63. The van der Waals surface area contributed by atoms with Crippen LogP contribution in [0.2, 0.25) is 23.7 Å². The molecular weight excluding hydrogens is 720 g/mol. The molecule has 0 saturated carbocycles. The molecule has 280 valence electrons. The van der Waals surface area contributed by atoms with Crippen molar-refractivity contribution >= 4 is 59.9 Å². The van der Waals surface area contributed by atoms with E-state index in [0.29, 0.717) is 28.5 Å². The summed E-state index contributed by atoms with van der Waals surface area (Å²) in [5, 5.41) is 14.3. The van der Waals surface area contributed by atoms with Gasteiger partial charge in [-0.2, -0.15) is 0 Å². The molecule has 2 aliphatic heterocycles. The van der Waals surface area contributed by atoms with Gasteiger partial charge in [0.15, 0.2) is 13.9 Å². The molecule has 2 aliphatic rings. The Morgan fingerprint density at radius 1 is 1.00 bits per heavy atom. The molecule has 4 aromatic carbocycles. The smallest absolute Gasteiger partial charge is 0.264 e. The van der Waals surface area contributed by atoms with Gasteiger partial charge in [0.05, 0.1) is 37.8 Å². The van der Waals surface area contributed by atoms with Crippen LogP contribution < -0.4 is 10.2 Å². The van der Waals surface area contributed by atoms with E-state index in [1.54, 1.807) is 21.9 Å². The van der Waals surface area contributed by atoms with Crippen molar-refractivity contribution in [3.63, 3.8) is 0 Å². The lowest BCUT2D eigenvalue weighted by atomic mass is 9.82. The normalized spacial score (nSPS) is 20.8. The molecule has 12 heteroatoms. The number of carbonyl (C=O) groups excluding carboxylic acids is 3. The Labute approximate surface area is 320 Å². The number of halogens is 1. The van der Waals surface area contributed by atoms with Gasteiger partial charge in [0.25, 0.3) is 5.91 Å². The van der Waals surface area contributed by atoms with Crippen LogP contribution in [0.5, 0.6) is 0 Å². The van der Waals surface area contributed by atoms with E-state index in [1.807, 2.05) is 111 Å². The van der Waals surface area contributed by atoms with Gasteiger partial charge in [0.1, 0.15) is 0 Å². The maximum atomic E-state index is 14.9. The van der Waals surface area contributed by atoms with Crippen LogP contribution in [0.4, 0.5) is 11.4 Å². The minimum absolute atomic E-state index is 0.0583. The van der Waals surface area contributed by atoms with Crippen LogP contribution in [0.25, 0.3) is 10.9 Å². The second-order valence-corrected chi connectivity index (χ2v) is 19.3.